The quantitative estimate of drug-likeness (QED) is 0.123. The van der Waals surface area contributed by atoms with Crippen LogP contribution in [0, 0.1) is 57.5 Å². The lowest BCUT2D eigenvalue weighted by atomic mass is 9.75. The van der Waals surface area contributed by atoms with Crippen molar-refractivity contribution in [3.05, 3.63) is 10.1 Å². The van der Waals surface area contributed by atoms with Crippen LogP contribution in [0.5, 0.6) is 0 Å². The number of rotatable bonds is 1. The van der Waals surface area contributed by atoms with Crippen LogP contribution >= 0.6 is 11.6 Å². The van der Waals surface area contributed by atoms with Crippen LogP contribution in [0.2, 0.25) is 0 Å². The summed E-state index contributed by atoms with van der Waals surface area (Å²) in [4.78, 5) is 12.0. The van der Waals surface area contributed by atoms with Crippen molar-refractivity contribution in [2.45, 2.75) is 151 Å². The summed E-state index contributed by atoms with van der Waals surface area (Å²) in [6.45, 7) is 0. The number of halogens is 1. The second kappa shape index (κ2) is 11.8. The Bertz CT molecular complexity index is 1090. The fourth-order valence-corrected chi connectivity index (χ4v) is 12.7. The summed E-state index contributed by atoms with van der Waals surface area (Å²) in [5, 5.41) is 44.3. The van der Waals surface area contributed by atoms with Gasteiger partial charge in [-0.15, -0.1) is 11.6 Å². The summed E-state index contributed by atoms with van der Waals surface area (Å²) in [6, 6.07) is -0.684. The third-order valence-corrected chi connectivity index (χ3v) is 14.8. The summed E-state index contributed by atoms with van der Waals surface area (Å²) >= 11 is 7.11. The van der Waals surface area contributed by atoms with Crippen molar-refractivity contribution >= 4 is 11.6 Å². The zero-order chi connectivity index (χ0) is 29.5. The Morgan fingerprint density at radius 1 is 0.432 bits per heavy atom. The lowest BCUT2D eigenvalue weighted by molar-refractivity contribution is -0.527. The molecule has 8 bridgehead atoms. The van der Waals surface area contributed by atoms with E-state index in [0.717, 1.165) is 6.42 Å². The van der Waals surface area contributed by atoms with Crippen LogP contribution in [0.4, 0.5) is 0 Å². The lowest BCUT2D eigenvalue weighted by Gasteiger charge is -2.38. The fourth-order valence-electron chi connectivity index (χ4n) is 12.2. The smallest absolute Gasteiger partial charge is 0.229 e. The van der Waals surface area contributed by atoms with Crippen molar-refractivity contribution in [1.29, 1.82) is 0 Å². The van der Waals surface area contributed by atoms with E-state index in [1.165, 1.54) is 77.0 Å². The predicted molar refractivity (Wildman–Crippen MR) is 168 cm³/mol. The highest BCUT2D eigenvalue weighted by atomic mass is 35.5. The van der Waals surface area contributed by atoms with Gasteiger partial charge in [-0.2, -0.15) is 0 Å². The van der Waals surface area contributed by atoms with Gasteiger partial charge in [0.1, 0.15) is 5.38 Å². The summed E-state index contributed by atoms with van der Waals surface area (Å²) in [6.07, 6.45) is 18.5. The zero-order valence-electron chi connectivity index (χ0n) is 25.9. The van der Waals surface area contributed by atoms with Gasteiger partial charge in [0.25, 0.3) is 0 Å². The molecule has 9 aliphatic rings. The summed E-state index contributed by atoms with van der Waals surface area (Å²) in [7, 11) is 0. The van der Waals surface area contributed by atoms with Crippen molar-refractivity contribution in [2.24, 2.45) is 47.3 Å². The maximum absolute atomic E-state index is 12.1. The number of hydrogen-bond donors (Lipinski definition) is 8. The molecular weight excluding hydrogens is 578 g/mol. The van der Waals surface area contributed by atoms with E-state index in [9.17, 15) is 10.1 Å². The minimum atomic E-state index is -0.684. The Kier molecular flexibility index (Phi) is 7.92. The molecule has 4 aliphatic carbocycles. The van der Waals surface area contributed by atoms with Crippen LogP contribution in [0.3, 0.4) is 0 Å². The van der Waals surface area contributed by atoms with Crippen molar-refractivity contribution in [2.75, 3.05) is 0 Å². The fraction of sp³-hybridized carbons (Fsp3) is 1.00. The molecule has 18 atom stereocenters. The first-order chi connectivity index (χ1) is 21.5. The molecule has 12 heteroatoms. The molecule has 4 saturated carbocycles. The van der Waals surface area contributed by atoms with E-state index in [-0.39, 0.29) is 47.6 Å². The highest BCUT2D eigenvalue weighted by Crippen LogP contribution is 2.46. The average molecular weight is 632 g/mol. The van der Waals surface area contributed by atoms with E-state index in [1.54, 1.807) is 0 Å². The summed E-state index contributed by atoms with van der Waals surface area (Å²) in [5.74, 6) is 3.92. The molecule has 44 heavy (non-hydrogen) atoms. The molecule has 0 aromatic carbocycles. The van der Waals surface area contributed by atoms with E-state index in [1.807, 2.05) is 0 Å². The predicted octanol–water partition coefficient (Wildman–Crippen LogP) is 2.08. The molecule has 0 amide bonds. The van der Waals surface area contributed by atoms with Crippen LogP contribution in [0.15, 0.2) is 0 Å². The molecule has 9 rings (SSSR count). The Morgan fingerprint density at radius 3 is 1.05 bits per heavy atom. The van der Waals surface area contributed by atoms with E-state index in [0.29, 0.717) is 60.4 Å². The van der Waals surface area contributed by atoms with E-state index < -0.39 is 11.4 Å². The van der Waals surface area contributed by atoms with Crippen LogP contribution in [0.1, 0.15) is 89.9 Å². The van der Waals surface area contributed by atoms with Gasteiger partial charge in [0.2, 0.25) is 6.04 Å². The third-order valence-electron chi connectivity index (χ3n) is 14.2. The van der Waals surface area contributed by atoms with Gasteiger partial charge in [-0.25, -0.2) is 0 Å². The molecular formula is C32H54ClN9O2. The third kappa shape index (κ3) is 4.89. The maximum atomic E-state index is 12.1. The largest absolute Gasteiger partial charge is 0.286 e. The summed E-state index contributed by atoms with van der Waals surface area (Å²) in [5.41, 5.74) is 0. The Morgan fingerprint density at radius 2 is 0.727 bits per heavy atom. The number of nitrogens with one attached hydrogen (secondary N) is 8. The molecule has 5 aliphatic heterocycles. The molecule has 9 fully saturated rings. The molecule has 18 unspecified atom stereocenters. The standard InChI is InChI=1S/C32H54ClN9O2/c33-24-22(42(43)44)14-13-21-23(24)32-40-30-20-12-6-5-11-19(20)28(38-30)36-26-16-8-2-1-7-15(16)25(34-26)35-27-17-9-3-4-10-18(17)29(37-27)39-31(21)41-32/h15-32,34-41H,1-14H2. The number of nitrogens with zero attached hydrogens (tertiary/aromatic N) is 1. The normalized spacial score (nSPS) is 56.8. The Hall–Kier alpha value is -0.630. The van der Waals surface area contributed by atoms with Crippen LogP contribution in [-0.2, 0) is 0 Å². The van der Waals surface area contributed by atoms with Gasteiger partial charge in [0.05, 0.1) is 49.3 Å². The van der Waals surface area contributed by atoms with Gasteiger partial charge in [-0.3, -0.25) is 52.6 Å². The molecule has 0 aromatic rings. The minimum Gasteiger partial charge on any atom is -0.286 e. The SMILES string of the molecule is O=[N+]([O-])C1CCC2C3NC4NC(NC5NC(NC6NC(NC(N3)C2C1Cl)C1CCCCC61)C1CCCCC51)C1CCCCC41. The van der Waals surface area contributed by atoms with Crippen molar-refractivity contribution in [3.8, 4) is 0 Å². The average Bonchev–Trinajstić information content (AvgIpc) is 3.77. The van der Waals surface area contributed by atoms with E-state index in [4.69, 9.17) is 11.6 Å². The molecule has 0 radical (unpaired) electrons. The molecule has 5 saturated heterocycles. The van der Waals surface area contributed by atoms with Gasteiger partial charge in [0.15, 0.2) is 0 Å². The lowest BCUT2D eigenvalue weighted by Crippen LogP contribution is -2.62. The second-order valence-corrected chi connectivity index (χ2v) is 16.6. The zero-order valence-corrected chi connectivity index (χ0v) is 26.7. The number of hydrogen-bond acceptors (Lipinski definition) is 10. The molecule has 0 aromatic heterocycles. The Labute approximate surface area is 266 Å². The Balaban J connectivity index is 1.06. The first-order valence-electron chi connectivity index (χ1n) is 18.4. The first-order valence-corrected chi connectivity index (χ1v) is 18.8. The van der Waals surface area contributed by atoms with E-state index in [2.05, 4.69) is 42.5 Å². The number of nitro groups is 1. The highest BCUT2D eigenvalue weighted by molar-refractivity contribution is 6.21. The summed E-state index contributed by atoms with van der Waals surface area (Å²) < 4.78 is 0. The molecule has 5 heterocycles. The molecule has 11 nitrogen and oxygen atoms in total. The van der Waals surface area contributed by atoms with Crippen molar-refractivity contribution < 1.29 is 4.92 Å². The molecule has 246 valence electrons. The maximum Gasteiger partial charge on any atom is 0.229 e. The minimum absolute atomic E-state index is 0.00278. The second-order valence-electron chi connectivity index (χ2n) is 16.1. The highest BCUT2D eigenvalue weighted by Gasteiger charge is 2.58. The van der Waals surface area contributed by atoms with Crippen molar-refractivity contribution in [3.63, 3.8) is 0 Å². The van der Waals surface area contributed by atoms with E-state index >= 15 is 0 Å². The number of alkyl halides is 1. The molecule has 8 N–H and O–H groups in total. The van der Waals surface area contributed by atoms with Gasteiger partial charge < -0.3 is 0 Å². The monoisotopic (exact) mass is 631 g/mol. The van der Waals surface area contributed by atoms with Gasteiger partial charge in [-0.05, 0) is 86.4 Å². The van der Waals surface area contributed by atoms with Crippen LogP contribution < -0.4 is 42.5 Å². The topological polar surface area (TPSA) is 139 Å². The first kappa shape index (κ1) is 29.5. The van der Waals surface area contributed by atoms with Gasteiger partial charge >= 0.3 is 0 Å². The van der Waals surface area contributed by atoms with Gasteiger partial charge in [-0.1, -0.05) is 38.5 Å². The van der Waals surface area contributed by atoms with Crippen LogP contribution in [0.25, 0.3) is 0 Å². The van der Waals surface area contributed by atoms with Gasteiger partial charge in [0, 0.05) is 17.3 Å². The molecule has 0 spiro atoms. The number of fused-ring (bicyclic) bond motifs is 20. The van der Waals surface area contributed by atoms with Crippen LogP contribution in [-0.4, -0.2) is 65.7 Å². The van der Waals surface area contributed by atoms with Crippen molar-refractivity contribution in [1.82, 2.24) is 42.5 Å².